The molecular formula is C9H8BrClO2. The van der Waals surface area contributed by atoms with Crippen molar-refractivity contribution in [1.29, 1.82) is 0 Å². The lowest BCUT2D eigenvalue weighted by atomic mass is 10.1. The fourth-order valence-electron chi connectivity index (χ4n) is 0.955. The summed E-state index contributed by atoms with van der Waals surface area (Å²) in [7, 11) is 0. The van der Waals surface area contributed by atoms with Crippen LogP contribution in [0.25, 0.3) is 0 Å². The van der Waals surface area contributed by atoms with E-state index in [0.717, 1.165) is 0 Å². The first-order valence-corrected chi connectivity index (χ1v) is 5.18. The molecule has 0 heterocycles. The zero-order valence-electron chi connectivity index (χ0n) is 6.76. The van der Waals surface area contributed by atoms with Crippen molar-refractivity contribution in [3.8, 4) is 5.75 Å². The Bertz CT molecular complexity index is 325. The number of carbonyl (C=O) groups is 1. The number of alkyl halides is 1. The minimum atomic E-state index is 0.0116. The second-order valence-corrected chi connectivity index (χ2v) is 3.62. The van der Waals surface area contributed by atoms with Gasteiger partial charge in [-0.15, -0.1) is 0 Å². The average Bonchev–Trinajstić information content (AvgIpc) is 2.11. The Morgan fingerprint density at radius 1 is 1.54 bits per heavy atom. The van der Waals surface area contributed by atoms with Crippen LogP contribution in [-0.4, -0.2) is 16.2 Å². The Kier molecular flexibility index (Phi) is 3.75. The Balaban J connectivity index is 2.87. The zero-order chi connectivity index (χ0) is 9.84. The molecule has 2 nitrogen and oxygen atoms in total. The van der Waals surface area contributed by atoms with Crippen molar-refractivity contribution in [1.82, 2.24) is 0 Å². The van der Waals surface area contributed by atoms with Crippen molar-refractivity contribution in [3.05, 3.63) is 28.8 Å². The van der Waals surface area contributed by atoms with Gasteiger partial charge >= 0.3 is 0 Å². The average molecular weight is 264 g/mol. The van der Waals surface area contributed by atoms with Gasteiger partial charge in [-0.05, 0) is 18.2 Å². The highest BCUT2D eigenvalue weighted by atomic mass is 79.9. The van der Waals surface area contributed by atoms with Gasteiger partial charge in [-0.3, -0.25) is 4.79 Å². The molecule has 13 heavy (non-hydrogen) atoms. The molecule has 1 N–H and O–H groups in total. The van der Waals surface area contributed by atoms with E-state index in [2.05, 4.69) is 15.9 Å². The number of benzene rings is 1. The predicted molar refractivity (Wildman–Crippen MR) is 55.6 cm³/mol. The first-order valence-electron chi connectivity index (χ1n) is 3.68. The van der Waals surface area contributed by atoms with Gasteiger partial charge in [0, 0.05) is 17.0 Å². The van der Waals surface area contributed by atoms with Crippen LogP contribution >= 0.6 is 27.5 Å². The summed E-state index contributed by atoms with van der Waals surface area (Å²) in [6, 6.07) is 4.66. The lowest BCUT2D eigenvalue weighted by Gasteiger charge is -2.02. The molecule has 0 aliphatic rings. The van der Waals surface area contributed by atoms with Crippen molar-refractivity contribution < 1.29 is 9.90 Å². The maximum Gasteiger partial charge on any atom is 0.147 e. The number of ketones is 1. The molecule has 0 amide bonds. The van der Waals surface area contributed by atoms with Gasteiger partial charge in [0.1, 0.15) is 11.5 Å². The minimum absolute atomic E-state index is 0.0116. The molecule has 70 valence electrons. The molecule has 1 aromatic rings. The van der Waals surface area contributed by atoms with E-state index in [1.54, 1.807) is 12.1 Å². The molecule has 0 bridgehead atoms. The lowest BCUT2D eigenvalue weighted by molar-refractivity contribution is -0.115. The van der Waals surface area contributed by atoms with E-state index in [4.69, 9.17) is 11.6 Å². The summed E-state index contributed by atoms with van der Waals surface area (Å²) in [6.07, 6.45) is 0.206. The third-order valence-electron chi connectivity index (χ3n) is 1.58. The Labute approximate surface area is 89.7 Å². The standard InChI is InChI=1S/C9H8BrClO2/c10-5-8(12)4-6-3-7(11)1-2-9(6)13/h1-3,13H,4-5H2. The van der Waals surface area contributed by atoms with Crippen LogP contribution in [0.5, 0.6) is 5.75 Å². The third kappa shape index (κ3) is 3.01. The van der Waals surface area contributed by atoms with Gasteiger partial charge in [0.15, 0.2) is 0 Å². The van der Waals surface area contributed by atoms with E-state index >= 15 is 0 Å². The quantitative estimate of drug-likeness (QED) is 0.851. The van der Waals surface area contributed by atoms with Crippen LogP contribution < -0.4 is 0 Å². The summed E-state index contributed by atoms with van der Waals surface area (Å²) in [6.45, 7) is 0. The molecule has 1 rings (SSSR count). The van der Waals surface area contributed by atoms with Crippen molar-refractivity contribution in [2.24, 2.45) is 0 Å². The molecule has 0 atom stereocenters. The largest absolute Gasteiger partial charge is 0.508 e. The van der Waals surface area contributed by atoms with E-state index in [9.17, 15) is 9.90 Å². The number of phenolic OH excluding ortho intramolecular Hbond substituents is 1. The first kappa shape index (κ1) is 10.5. The minimum Gasteiger partial charge on any atom is -0.508 e. The molecule has 0 aliphatic heterocycles. The Morgan fingerprint density at radius 3 is 2.85 bits per heavy atom. The summed E-state index contributed by atoms with van der Waals surface area (Å²) in [5.74, 6) is 0.122. The molecule has 0 aromatic heterocycles. The summed E-state index contributed by atoms with van der Waals surface area (Å²) < 4.78 is 0. The van der Waals surface area contributed by atoms with E-state index in [1.807, 2.05) is 0 Å². The van der Waals surface area contributed by atoms with Crippen LogP contribution in [0.1, 0.15) is 5.56 Å². The maximum absolute atomic E-state index is 11.0. The van der Waals surface area contributed by atoms with Gasteiger partial charge in [0.2, 0.25) is 0 Å². The first-order chi connectivity index (χ1) is 6.13. The number of hydrogen-bond donors (Lipinski definition) is 1. The second-order valence-electron chi connectivity index (χ2n) is 2.62. The van der Waals surface area contributed by atoms with Crippen LogP contribution in [0.3, 0.4) is 0 Å². The number of aromatic hydroxyl groups is 1. The molecule has 0 aliphatic carbocycles. The number of halogens is 2. The monoisotopic (exact) mass is 262 g/mol. The smallest absolute Gasteiger partial charge is 0.147 e. The molecule has 4 heteroatoms. The highest BCUT2D eigenvalue weighted by molar-refractivity contribution is 9.09. The van der Waals surface area contributed by atoms with Gasteiger partial charge in [-0.25, -0.2) is 0 Å². The molecule has 0 radical (unpaired) electrons. The lowest BCUT2D eigenvalue weighted by Crippen LogP contribution is -2.03. The van der Waals surface area contributed by atoms with Crippen LogP contribution in [0.2, 0.25) is 5.02 Å². The number of Topliss-reactive ketones (excluding diaryl/α,β-unsaturated/α-hetero) is 1. The number of rotatable bonds is 3. The van der Waals surface area contributed by atoms with E-state index in [1.165, 1.54) is 6.07 Å². The van der Waals surface area contributed by atoms with Crippen molar-refractivity contribution in [3.63, 3.8) is 0 Å². The summed E-state index contributed by atoms with van der Waals surface area (Å²) in [5.41, 5.74) is 0.567. The van der Waals surface area contributed by atoms with Gasteiger partial charge in [0.05, 0.1) is 5.33 Å². The topological polar surface area (TPSA) is 37.3 Å². The molecule has 0 fully saturated rings. The SMILES string of the molecule is O=C(CBr)Cc1cc(Cl)ccc1O. The van der Waals surface area contributed by atoms with Gasteiger partial charge in [-0.2, -0.15) is 0 Å². The Morgan fingerprint density at radius 2 is 2.23 bits per heavy atom. The van der Waals surface area contributed by atoms with Crippen LogP contribution in [0.15, 0.2) is 18.2 Å². The summed E-state index contributed by atoms with van der Waals surface area (Å²) in [5, 5.41) is 10.2. The maximum atomic E-state index is 11.0. The van der Waals surface area contributed by atoms with Gasteiger partial charge < -0.3 is 5.11 Å². The summed E-state index contributed by atoms with van der Waals surface area (Å²) in [4.78, 5) is 11.0. The molecule has 0 saturated heterocycles. The van der Waals surface area contributed by atoms with Crippen molar-refractivity contribution in [2.75, 3.05) is 5.33 Å². The van der Waals surface area contributed by atoms with Crippen molar-refractivity contribution >= 4 is 33.3 Å². The predicted octanol–water partition coefficient (Wildman–Crippen LogP) is 2.55. The molecule has 0 spiro atoms. The van der Waals surface area contributed by atoms with Crippen LogP contribution in [-0.2, 0) is 11.2 Å². The van der Waals surface area contributed by atoms with Crippen LogP contribution in [0.4, 0.5) is 0 Å². The fourth-order valence-corrected chi connectivity index (χ4v) is 1.35. The molecule has 0 saturated carbocycles. The van der Waals surface area contributed by atoms with E-state index < -0.39 is 0 Å². The van der Waals surface area contributed by atoms with Gasteiger partial charge in [-0.1, -0.05) is 27.5 Å². The van der Waals surface area contributed by atoms with Crippen LogP contribution in [0, 0.1) is 0 Å². The highest BCUT2D eigenvalue weighted by Crippen LogP contribution is 2.22. The third-order valence-corrected chi connectivity index (χ3v) is 2.44. The highest BCUT2D eigenvalue weighted by Gasteiger charge is 2.06. The molecule has 0 unspecified atom stereocenters. The zero-order valence-corrected chi connectivity index (χ0v) is 9.10. The van der Waals surface area contributed by atoms with Gasteiger partial charge in [0.25, 0.3) is 0 Å². The second kappa shape index (κ2) is 4.63. The molecule has 1 aromatic carbocycles. The van der Waals surface area contributed by atoms with Crippen molar-refractivity contribution in [2.45, 2.75) is 6.42 Å². The number of phenols is 1. The number of hydrogen-bond acceptors (Lipinski definition) is 2. The normalized spacial score (nSPS) is 10.0. The van der Waals surface area contributed by atoms with E-state index in [0.29, 0.717) is 15.9 Å². The molecular weight excluding hydrogens is 255 g/mol. The van der Waals surface area contributed by atoms with E-state index in [-0.39, 0.29) is 18.0 Å². The Hall–Kier alpha value is -0.540. The fraction of sp³-hybridized carbons (Fsp3) is 0.222. The number of carbonyl (C=O) groups excluding carboxylic acids is 1. The summed E-state index contributed by atoms with van der Waals surface area (Å²) >= 11 is 8.76.